The van der Waals surface area contributed by atoms with Gasteiger partial charge in [0.25, 0.3) is 0 Å². The molecule has 1 fully saturated rings. The minimum atomic E-state index is 0.632. The molecule has 2 heterocycles. The second-order valence-electron chi connectivity index (χ2n) is 4.55. The molecule has 92 valence electrons. The lowest BCUT2D eigenvalue weighted by molar-refractivity contribution is 0.295. The SMILES string of the molecule is NC(=NCc1ccc2ncccc2c1)N1CCC1. The lowest BCUT2D eigenvalue weighted by Gasteiger charge is -2.31. The largest absolute Gasteiger partial charge is 0.370 e. The third-order valence-corrected chi connectivity index (χ3v) is 3.27. The molecule has 0 aliphatic carbocycles. The number of guanidine groups is 1. The molecule has 2 N–H and O–H groups in total. The van der Waals surface area contributed by atoms with Gasteiger partial charge in [-0.1, -0.05) is 12.1 Å². The number of rotatable bonds is 2. The first-order valence-electron chi connectivity index (χ1n) is 6.21. The molecule has 1 saturated heterocycles. The van der Waals surface area contributed by atoms with Crippen molar-refractivity contribution in [2.45, 2.75) is 13.0 Å². The van der Waals surface area contributed by atoms with Gasteiger partial charge in [0.05, 0.1) is 12.1 Å². The molecule has 0 unspecified atom stereocenters. The van der Waals surface area contributed by atoms with Gasteiger partial charge in [-0.05, 0) is 30.2 Å². The van der Waals surface area contributed by atoms with Gasteiger partial charge in [-0.15, -0.1) is 0 Å². The molecule has 1 aromatic carbocycles. The fraction of sp³-hybridized carbons (Fsp3) is 0.286. The maximum absolute atomic E-state index is 5.90. The molecule has 0 spiro atoms. The molecule has 4 nitrogen and oxygen atoms in total. The summed E-state index contributed by atoms with van der Waals surface area (Å²) in [5, 5.41) is 1.15. The van der Waals surface area contributed by atoms with Crippen molar-refractivity contribution >= 4 is 16.9 Å². The Balaban J connectivity index is 1.78. The van der Waals surface area contributed by atoms with E-state index in [0.29, 0.717) is 12.5 Å². The Morgan fingerprint density at radius 3 is 3.00 bits per heavy atom. The molecule has 0 bridgehead atoms. The molecule has 0 atom stereocenters. The summed E-state index contributed by atoms with van der Waals surface area (Å²) in [5.41, 5.74) is 8.08. The number of nitrogens with two attached hydrogens (primary N) is 1. The van der Waals surface area contributed by atoms with Crippen LogP contribution in [0.4, 0.5) is 0 Å². The Labute approximate surface area is 106 Å². The fourth-order valence-corrected chi connectivity index (χ4v) is 2.04. The molecule has 1 aliphatic heterocycles. The van der Waals surface area contributed by atoms with Crippen LogP contribution in [0.25, 0.3) is 10.9 Å². The second-order valence-corrected chi connectivity index (χ2v) is 4.55. The Hall–Kier alpha value is -2.10. The first kappa shape index (κ1) is 11.0. The molecular weight excluding hydrogens is 224 g/mol. The predicted molar refractivity (Wildman–Crippen MR) is 73.3 cm³/mol. The van der Waals surface area contributed by atoms with E-state index in [-0.39, 0.29) is 0 Å². The smallest absolute Gasteiger partial charge is 0.191 e. The van der Waals surface area contributed by atoms with Gasteiger partial charge in [0.2, 0.25) is 0 Å². The topological polar surface area (TPSA) is 54.5 Å². The Bertz CT molecular complexity index is 587. The van der Waals surface area contributed by atoms with E-state index in [9.17, 15) is 0 Å². The van der Waals surface area contributed by atoms with Crippen molar-refractivity contribution in [3.63, 3.8) is 0 Å². The summed E-state index contributed by atoms with van der Waals surface area (Å²) in [4.78, 5) is 10.8. The summed E-state index contributed by atoms with van der Waals surface area (Å²) in [6.45, 7) is 2.71. The van der Waals surface area contributed by atoms with Crippen molar-refractivity contribution in [1.82, 2.24) is 9.88 Å². The Morgan fingerprint density at radius 2 is 2.22 bits per heavy atom. The number of hydrogen-bond donors (Lipinski definition) is 1. The predicted octanol–water partition coefficient (Wildman–Crippen LogP) is 1.76. The normalized spacial score (nSPS) is 15.8. The third kappa shape index (κ3) is 2.14. The monoisotopic (exact) mass is 240 g/mol. The number of benzene rings is 1. The van der Waals surface area contributed by atoms with E-state index in [1.807, 2.05) is 18.3 Å². The van der Waals surface area contributed by atoms with Crippen molar-refractivity contribution in [1.29, 1.82) is 0 Å². The van der Waals surface area contributed by atoms with E-state index in [4.69, 9.17) is 5.73 Å². The van der Waals surface area contributed by atoms with E-state index < -0.39 is 0 Å². The van der Waals surface area contributed by atoms with Crippen LogP contribution >= 0.6 is 0 Å². The standard InChI is InChI=1S/C14H16N4/c15-14(18-7-2-8-18)17-10-11-4-5-13-12(9-11)3-1-6-16-13/h1,3-6,9H,2,7-8,10H2,(H2,15,17). The van der Waals surface area contributed by atoms with Crippen molar-refractivity contribution < 1.29 is 0 Å². The molecule has 2 aromatic rings. The zero-order valence-electron chi connectivity index (χ0n) is 10.2. The van der Waals surface area contributed by atoms with Crippen LogP contribution in [-0.2, 0) is 6.54 Å². The lowest BCUT2D eigenvalue weighted by Crippen LogP contribution is -2.46. The average molecular weight is 240 g/mol. The molecule has 18 heavy (non-hydrogen) atoms. The van der Waals surface area contributed by atoms with Crippen molar-refractivity contribution in [3.05, 3.63) is 42.1 Å². The third-order valence-electron chi connectivity index (χ3n) is 3.27. The molecule has 0 saturated carbocycles. The lowest BCUT2D eigenvalue weighted by atomic mass is 10.1. The molecule has 4 heteroatoms. The van der Waals surface area contributed by atoms with E-state index in [2.05, 4.69) is 33.1 Å². The van der Waals surface area contributed by atoms with Crippen LogP contribution in [0.15, 0.2) is 41.5 Å². The van der Waals surface area contributed by atoms with Crippen LogP contribution in [-0.4, -0.2) is 28.9 Å². The number of nitrogens with zero attached hydrogens (tertiary/aromatic N) is 3. The van der Waals surface area contributed by atoms with Crippen LogP contribution < -0.4 is 5.73 Å². The number of hydrogen-bond acceptors (Lipinski definition) is 2. The summed E-state index contributed by atoms with van der Waals surface area (Å²) in [6, 6.07) is 10.2. The Kier molecular flexibility index (Phi) is 2.84. The van der Waals surface area contributed by atoms with Gasteiger partial charge >= 0.3 is 0 Å². The van der Waals surface area contributed by atoms with Gasteiger partial charge in [0, 0.05) is 24.7 Å². The summed E-state index contributed by atoms with van der Waals surface area (Å²) < 4.78 is 0. The fourth-order valence-electron chi connectivity index (χ4n) is 2.04. The zero-order chi connectivity index (χ0) is 12.4. The molecule has 3 rings (SSSR count). The van der Waals surface area contributed by atoms with Crippen LogP contribution in [0.5, 0.6) is 0 Å². The number of pyridine rings is 1. The minimum Gasteiger partial charge on any atom is -0.370 e. The highest BCUT2D eigenvalue weighted by atomic mass is 15.3. The Morgan fingerprint density at radius 1 is 1.33 bits per heavy atom. The highest BCUT2D eigenvalue weighted by Crippen LogP contribution is 2.14. The molecule has 0 amide bonds. The van der Waals surface area contributed by atoms with E-state index in [1.165, 1.54) is 12.0 Å². The van der Waals surface area contributed by atoms with E-state index in [0.717, 1.165) is 24.0 Å². The average Bonchev–Trinajstić information content (AvgIpc) is 2.34. The van der Waals surface area contributed by atoms with Gasteiger partial charge in [0.1, 0.15) is 0 Å². The van der Waals surface area contributed by atoms with Gasteiger partial charge < -0.3 is 10.6 Å². The summed E-state index contributed by atoms with van der Waals surface area (Å²) in [5.74, 6) is 0.660. The van der Waals surface area contributed by atoms with Crippen molar-refractivity contribution in [2.75, 3.05) is 13.1 Å². The van der Waals surface area contributed by atoms with Gasteiger partial charge in [-0.3, -0.25) is 4.98 Å². The quantitative estimate of drug-likeness (QED) is 0.642. The van der Waals surface area contributed by atoms with Gasteiger partial charge in [0.15, 0.2) is 5.96 Å². The second kappa shape index (κ2) is 4.64. The van der Waals surface area contributed by atoms with Crippen LogP contribution in [0.1, 0.15) is 12.0 Å². The minimum absolute atomic E-state index is 0.632. The maximum atomic E-state index is 5.90. The molecular formula is C14H16N4. The van der Waals surface area contributed by atoms with Crippen molar-refractivity contribution in [2.24, 2.45) is 10.7 Å². The van der Waals surface area contributed by atoms with Crippen LogP contribution in [0, 0.1) is 0 Å². The van der Waals surface area contributed by atoms with E-state index in [1.54, 1.807) is 0 Å². The summed E-state index contributed by atoms with van der Waals surface area (Å²) >= 11 is 0. The number of aromatic nitrogens is 1. The zero-order valence-corrected chi connectivity index (χ0v) is 10.2. The van der Waals surface area contributed by atoms with Crippen molar-refractivity contribution in [3.8, 4) is 0 Å². The number of fused-ring (bicyclic) bond motifs is 1. The highest BCUT2D eigenvalue weighted by molar-refractivity contribution is 5.80. The number of aliphatic imine (C=N–C) groups is 1. The molecule has 1 aromatic heterocycles. The van der Waals surface area contributed by atoms with Gasteiger partial charge in [-0.2, -0.15) is 0 Å². The molecule has 0 radical (unpaired) electrons. The first-order valence-corrected chi connectivity index (χ1v) is 6.21. The molecule has 1 aliphatic rings. The summed E-state index contributed by atoms with van der Waals surface area (Å²) in [6.07, 6.45) is 3.03. The maximum Gasteiger partial charge on any atom is 0.191 e. The highest BCUT2D eigenvalue weighted by Gasteiger charge is 2.15. The number of likely N-dealkylation sites (tertiary alicyclic amines) is 1. The van der Waals surface area contributed by atoms with Crippen LogP contribution in [0.3, 0.4) is 0 Å². The van der Waals surface area contributed by atoms with Crippen LogP contribution in [0.2, 0.25) is 0 Å². The first-order chi connectivity index (χ1) is 8.83. The summed E-state index contributed by atoms with van der Waals surface area (Å²) in [7, 11) is 0. The van der Waals surface area contributed by atoms with E-state index >= 15 is 0 Å². The van der Waals surface area contributed by atoms with Gasteiger partial charge in [-0.25, -0.2) is 4.99 Å².